The Morgan fingerprint density at radius 1 is 1.21 bits per heavy atom. The average molecular weight is 283 g/mol. The molecule has 1 aromatic rings. The van der Waals surface area contributed by atoms with Crippen LogP contribution in [0.4, 0.5) is 0 Å². The lowest BCUT2D eigenvalue weighted by Gasteiger charge is -2.20. The third-order valence-electron chi connectivity index (χ3n) is 2.47. The second-order valence-electron chi connectivity index (χ2n) is 5.18. The van der Waals surface area contributed by atoms with Crippen LogP contribution < -0.4 is 10.5 Å². The molecule has 1 aromatic carbocycles. The first-order valence-corrected chi connectivity index (χ1v) is 7.68. The summed E-state index contributed by atoms with van der Waals surface area (Å²) in [6.45, 7) is 9.88. The van der Waals surface area contributed by atoms with Crippen LogP contribution in [0.5, 0.6) is 5.75 Å². The number of nitrogens with two attached hydrogens (primary N) is 1. The van der Waals surface area contributed by atoms with Crippen LogP contribution in [-0.4, -0.2) is 24.6 Å². The van der Waals surface area contributed by atoms with Crippen molar-refractivity contribution < 1.29 is 9.47 Å². The van der Waals surface area contributed by atoms with Crippen molar-refractivity contribution in [3.63, 3.8) is 0 Å². The monoisotopic (exact) mass is 283 g/mol. The fourth-order valence-corrected chi connectivity index (χ4v) is 2.52. The Bertz CT molecular complexity index is 388. The molecule has 0 aliphatic rings. The Morgan fingerprint density at radius 3 is 2.53 bits per heavy atom. The molecule has 0 aliphatic carbocycles. The SMILES string of the molecule is CCSc1cccc(OCCOC(C)(C)C)c1CN. The summed E-state index contributed by atoms with van der Waals surface area (Å²) in [7, 11) is 0. The fourth-order valence-electron chi connectivity index (χ4n) is 1.67. The first kappa shape index (κ1) is 16.3. The molecule has 19 heavy (non-hydrogen) atoms. The number of hydrogen-bond donors (Lipinski definition) is 1. The molecule has 0 saturated carbocycles. The van der Waals surface area contributed by atoms with Crippen molar-refractivity contribution in [2.75, 3.05) is 19.0 Å². The van der Waals surface area contributed by atoms with Gasteiger partial charge < -0.3 is 15.2 Å². The van der Waals surface area contributed by atoms with Gasteiger partial charge in [-0.05, 0) is 38.7 Å². The molecular weight excluding hydrogens is 258 g/mol. The molecule has 0 amide bonds. The van der Waals surface area contributed by atoms with Gasteiger partial charge in [-0.2, -0.15) is 0 Å². The largest absolute Gasteiger partial charge is 0.491 e. The zero-order valence-corrected chi connectivity index (χ0v) is 13.2. The Hall–Kier alpha value is -0.710. The van der Waals surface area contributed by atoms with Gasteiger partial charge >= 0.3 is 0 Å². The lowest BCUT2D eigenvalue weighted by molar-refractivity contribution is -0.0164. The maximum Gasteiger partial charge on any atom is 0.125 e. The molecule has 0 fully saturated rings. The molecule has 0 saturated heterocycles. The molecule has 2 N–H and O–H groups in total. The summed E-state index contributed by atoms with van der Waals surface area (Å²) in [6.07, 6.45) is 0. The van der Waals surface area contributed by atoms with Gasteiger partial charge in [0.25, 0.3) is 0 Å². The minimum absolute atomic E-state index is 0.125. The summed E-state index contributed by atoms with van der Waals surface area (Å²) < 4.78 is 11.4. The van der Waals surface area contributed by atoms with Crippen LogP contribution in [0.25, 0.3) is 0 Å². The molecule has 0 radical (unpaired) electrons. The smallest absolute Gasteiger partial charge is 0.125 e. The first-order chi connectivity index (χ1) is 8.98. The standard InChI is InChI=1S/C15H25NO2S/c1-5-19-14-8-6-7-13(12(14)11-16)17-9-10-18-15(2,3)4/h6-8H,5,9-11,16H2,1-4H3. The third kappa shape index (κ3) is 5.85. The van der Waals surface area contributed by atoms with Crippen LogP contribution in [-0.2, 0) is 11.3 Å². The molecule has 1 rings (SSSR count). The second kappa shape index (κ2) is 7.78. The van der Waals surface area contributed by atoms with E-state index in [9.17, 15) is 0 Å². The van der Waals surface area contributed by atoms with Crippen LogP contribution in [0.2, 0.25) is 0 Å². The van der Waals surface area contributed by atoms with Crippen molar-refractivity contribution in [2.24, 2.45) is 5.73 Å². The highest BCUT2D eigenvalue weighted by Crippen LogP contribution is 2.29. The second-order valence-corrected chi connectivity index (χ2v) is 6.49. The molecule has 0 bridgehead atoms. The Kier molecular flexibility index (Phi) is 6.69. The van der Waals surface area contributed by atoms with E-state index >= 15 is 0 Å². The molecule has 0 spiro atoms. The van der Waals surface area contributed by atoms with Gasteiger partial charge in [0.05, 0.1) is 12.2 Å². The Morgan fingerprint density at radius 2 is 1.95 bits per heavy atom. The lowest BCUT2D eigenvalue weighted by Crippen LogP contribution is -2.22. The predicted molar refractivity (Wildman–Crippen MR) is 81.9 cm³/mol. The van der Waals surface area contributed by atoms with E-state index in [0.29, 0.717) is 19.8 Å². The van der Waals surface area contributed by atoms with E-state index in [2.05, 4.69) is 13.0 Å². The summed E-state index contributed by atoms with van der Waals surface area (Å²) in [6, 6.07) is 6.07. The molecule has 4 heteroatoms. The number of thioether (sulfide) groups is 1. The normalized spacial score (nSPS) is 11.6. The van der Waals surface area contributed by atoms with E-state index in [1.165, 1.54) is 4.90 Å². The van der Waals surface area contributed by atoms with E-state index in [1.807, 2.05) is 32.9 Å². The molecule has 0 atom stereocenters. The van der Waals surface area contributed by atoms with Crippen LogP contribution in [0.3, 0.4) is 0 Å². The minimum Gasteiger partial charge on any atom is -0.491 e. The van der Waals surface area contributed by atoms with Crippen molar-refractivity contribution >= 4 is 11.8 Å². The van der Waals surface area contributed by atoms with Crippen LogP contribution in [0.15, 0.2) is 23.1 Å². The maximum atomic E-state index is 5.83. The molecule has 0 aromatic heterocycles. The first-order valence-electron chi connectivity index (χ1n) is 6.69. The lowest BCUT2D eigenvalue weighted by atomic mass is 10.2. The Balaban J connectivity index is 2.60. The molecule has 3 nitrogen and oxygen atoms in total. The highest BCUT2D eigenvalue weighted by atomic mass is 32.2. The van der Waals surface area contributed by atoms with Crippen molar-refractivity contribution in [3.8, 4) is 5.75 Å². The molecule has 0 heterocycles. The summed E-state index contributed by atoms with van der Waals surface area (Å²) in [5.41, 5.74) is 6.79. The van der Waals surface area contributed by atoms with E-state index in [1.54, 1.807) is 11.8 Å². The minimum atomic E-state index is -0.125. The summed E-state index contributed by atoms with van der Waals surface area (Å²) >= 11 is 1.79. The topological polar surface area (TPSA) is 44.5 Å². The van der Waals surface area contributed by atoms with Gasteiger partial charge in [-0.25, -0.2) is 0 Å². The van der Waals surface area contributed by atoms with Crippen molar-refractivity contribution in [1.29, 1.82) is 0 Å². The highest BCUT2D eigenvalue weighted by molar-refractivity contribution is 7.99. The number of rotatable bonds is 7. The quantitative estimate of drug-likeness (QED) is 0.615. The van der Waals surface area contributed by atoms with Gasteiger partial charge in [-0.15, -0.1) is 11.8 Å². The zero-order valence-electron chi connectivity index (χ0n) is 12.4. The summed E-state index contributed by atoms with van der Waals surface area (Å²) in [5.74, 6) is 1.90. The van der Waals surface area contributed by atoms with E-state index in [-0.39, 0.29) is 5.60 Å². The molecule has 0 aliphatic heterocycles. The van der Waals surface area contributed by atoms with Crippen LogP contribution in [0.1, 0.15) is 33.3 Å². The van der Waals surface area contributed by atoms with Gasteiger partial charge in [0, 0.05) is 17.0 Å². The van der Waals surface area contributed by atoms with E-state index < -0.39 is 0 Å². The van der Waals surface area contributed by atoms with Gasteiger partial charge in [0.15, 0.2) is 0 Å². The van der Waals surface area contributed by atoms with Crippen LogP contribution in [0, 0.1) is 0 Å². The number of benzene rings is 1. The average Bonchev–Trinajstić information content (AvgIpc) is 2.34. The summed E-state index contributed by atoms with van der Waals surface area (Å²) in [5, 5.41) is 0. The van der Waals surface area contributed by atoms with Crippen molar-refractivity contribution in [3.05, 3.63) is 23.8 Å². The fraction of sp³-hybridized carbons (Fsp3) is 0.600. The van der Waals surface area contributed by atoms with E-state index in [0.717, 1.165) is 17.1 Å². The third-order valence-corrected chi connectivity index (χ3v) is 3.45. The predicted octanol–water partition coefficient (Wildman–Crippen LogP) is 3.45. The zero-order chi connectivity index (χ0) is 14.3. The highest BCUT2D eigenvalue weighted by Gasteiger charge is 2.11. The molecule has 0 unspecified atom stereocenters. The van der Waals surface area contributed by atoms with Gasteiger partial charge in [0.1, 0.15) is 12.4 Å². The summed E-state index contributed by atoms with van der Waals surface area (Å²) in [4.78, 5) is 1.21. The van der Waals surface area contributed by atoms with Crippen molar-refractivity contribution in [1.82, 2.24) is 0 Å². The molecular formula is C15H25NO2S. The van der Waals surface area contributed by atoms with Crippen LogP contribution >= 0.6 is 11.8 Å². The molecule has 108 valence electrons. The van der Waals surface area contributed by atoms with Gasteiger partial charge in [-0.1, -0.05) is 13.0 Å². The number of ether oxygens (including phenoxy) is 2. The van der Waals surface area contributed by atoms with E-state index in [4.69, 9.17) is 15.2 Å². The Labute approximate surface area is 120 Å². The van der Waals surface area contributed by atoms with Gasteiger partial charge in [-0.3, -0.25) is 0 Å². The van der Waals surface area contributed by atoms with Crippen molar-refractivity contribution in [2.45, 2.75) is 44.7 Å². The maximum absolute atomic E-state index is 5.83. The van der Waals surface area contributed by atoms with Gasteiger partial charge in [0.2, 0.25) is 0 Å². The number of hydrogen-bond acceptors (Lipinski definition) is 4.